The molecule has 0 aliphatic carbocycles. The largest absolute Gasteiger partial charge is 0.467 e. The van der Waals surface area contributed by atoms with Crippen LogP contribution in [-0.2, 0) is 17.8 Å². The minimum atomic E-state index is -0.147. The summed E-state index contributed by atoms with van der Waals surface area (Å²) < 4.78 is 5.19. The first-order chi connectivity index (χ1) is 13.6. The zero-order chi connectivity index (χ0) is 19.8. The van der Waals surface area contributed by atoms with E-state index in [1.54, 1.807) is 35.8 Å². The standard InChI is InChI=1S/C20H21N3O3S2/c1-14-23-15(12-27-14)8-9-21-20(25)17-6-2-3-7-18(17)28-13-19(24)22-11-16-5-4-10-26-16/h2-7,10,12H,8-9,11,13H2,1H3,(H,21,25)(H,22,24). The Morgan fingerprint density at radius 2 is 2.04 bits per heavy atom. The maximum atomic E-state index is 12.5. The molecule has 0 unspecified atom stereocenters. The third-order valence-corrected chi connectivity index (χ3v) is 5.76. The fourth-order valence-electron chi connectivity index (χ4n) is 2.50. The molecule has 28 heavy (non-hydrogen) atoms. The van der Waals surface area contributed by atoms with Gasteiger partial charge >= 0.3 is 0 Å². The number of aryl methyl sites for hydroxylation is 1. The Balaban J connectivity index is 1.48. The van der Waals surface area contributed by atoms with Crippen LogP contribution in [-0.4, -0.2) is 29.1 Å². The molecule has 0 bridgehead atoms. The molecule has 0 radical (unpaired) electrons. The van der Waals surface area contributed by atoms with Gasteiger partial charge in [0.2, 0.25) is 5.91 Å². The first-order valence-electron chi connectivity index (χ1n) is 8.82. The van der Waals surface area contributed by atoms with Gasteiger partial charge in [0, 0.05) is 23.2 Å². The predicted octanol–water partition coefficient (Wildman–Crippen LogP) is 3.43. The van der Waals surface area contributed by atoms with Crippen LogP contribution in [0, 0.1) is 6.92 Å². The van der Waals surface area contributed by atoms with E-state index in [4.69, 9.17) is 4.42 Å². The molecule has 2 N–H and O–H groups in total. The quantitative estimate of drug-likeness (QED) is 0.523. The number of thioether (sulfide) groups is 1. The fraction of sp³-hybridized carbons (Fsp3) is 0.250. The van der Waals surface area contributed by atoms with Gasteiger partial charge in [-0.2, -0.15) is 0 Å². The second-order valence-electron chi connectivity index (χ2n) is 6.00. The summed E-state index contributed by atoms with van der Waals surface area (Å²) in [5.74, 6) is 0.665. The number of nitrogens with zero attached hydrogens (tertiary/aromatic N) is 1. The summed E-state index contributed by atoms with van der Waals surface area (Å²) in [6.45, 7) is 2.83. The summed E-state index contributed by atoms with van der Waals surface area (Å²) in [4.78, 5) is 29.7. The number of thiazole rings is 1. The first kappa shape index (κ1) is 20.2. The normalized spacial score (nSPS) is 10.6. The number of rotatable bonds is 9. The molecule has 1 aromatic carbocycles. The lowest BCUT2D eigenvalue weighted by Crippen LogP contribution is -2.27. The molecular weight excluding hydrogens is 394 g/mol. The molecule has 0 aliphatic rings. The zero-order valence-corrected chi connectivity index (χ0v) is 17.1. The Labute approximate surface area is 171 Å². The van der Waals surface area contributed by atoms with E-state index in [2.05, 4.69) is 15.6 Å². The van der Waals surface area contributed by atoms with E-state index in [-0.39, 0.29) is 17.6 Å². The molecule has 0 saturated heterocycles. The first-order valence-corrected chi connectivity index (χ1v) is 10.7. The second kappa shape index (κ2) is 10.1. The van der Waals surface area contributed by atoms with Gasteiger partial charge in [0.1, 0.15) is 5.76 Å². The van der Waals surface area contributed by atoms with Gasteiger partial charge in [-0.25, -0.2) is 4.98 Å². The van der Waals surface area contributed by atoms with Crippen LogP contribution in [0.3, 0.4) is 0 Å². The highest BCUT2D eigenvalue weighted by molar-refractivity contribution is 8.00. The number of aromatic nitrogens is 1. The summed E-state index contributed by atoms with van der Waals surface area (Å²) in [7, 11) is 0. The Bertz CT molecular complexity index is 922. The van der Waals surface area contributed by atoms with Gasteiger partial charge in [-0.3, -0.25) is 9.59 Å². The van der Waals surface area contributed by atoms with Gasteiger partial charge in [-0.15, -0.1) is 23.1 Å². The van der Waals surface area contributed by atoms with Gasteiger partial charge < -0.3 is 15.1 Å². The number of carbonyl (C=O) groups is 2. The Kier molecular flexibility index (Phi) is 7.27. The Morgan fingerprint density at radius 1 is 1.18 bits per heavy atom. The third kappa shape index (κ3) is 5.97. The number of nitrogens with one attached hydrogen (secondary N) is 2. The molecule has 0 spiro atoms. The smallest absolute Gasteiger partial charge is 0.252 e. The molecule has 0 fully saturated rings. The van der Waals surface area contributed by atoms with E-state index >= 15 is 0 Å². The summed E-state index contributed by atoms with van der Waals surface area (Å²) in [6, 6.07) is 10.9. The lowest BCUT2D eigenvalue weighted by atomic mass is 10.2. The monoisotopic (exact) mass is 415 g/mol. The van der Waals surface area contributed by atoms with Gasteiger partial charge in [0.25, 0.3) is 5.91 Å². The number of furan rings is 1. The van der Waals surface area contributed by atoms with Crippen LogP contribution in [0.2, 0.25) is 0 Å². The van der Waals surface area contributed by atoms with Crippen LogP contribution in [0.15, 0.2) is 57.4 Å². The molecule has 0 aliphatic heterocycles. The van der Waals surface area contributed by atoms with Crippen molar-refractivity contribution in [2.24, 2.45) is 0 Å². The highest BCUT2D eigenvalue weighted by Gasteiger charge is 2.13. The highest BCUT2D eigenvalue weighted by atomic mass is 32.2. The highest BCUT2D eigenvalue weighted by Crippen LogP contribution is 2.22. The molecule has 6 nitrogen and oxygen atoms in total. The van der Waals surface area contributed by atoms with Crippen molar-refractivity contribution in [3.8, 4) is 0 Å². The van der Waals surface area contributed by atoms with Crippen LogP contribution in [0.4, 0.5) is 0 Å². The van der Waals surface area contributed by atoms with Crippen LogP contribution < -0.4 is 10.6 Å². The van der Waals surface area contributed by atoms with Crippen molar-refractivity contribution in [1.82, 2.24) is 15.6 Å². The van der Waals surface area contributed by atoms with Crippen molar-refractivity contribution < 1.29 is 14.0 Å². The minimum absolute atomic E-state index is 0.115. The molecule has 0 saturated carbocycles. The van der Waals surface area contributed by atoms with E-state index in [0.717, 1.165) is 15.6 Å². The van der Waals surface area contributed by atoms with E-state index in [1.165, 1.54) is 11.8 Å². The van der Waals surface area contributed by atoms with Crippen LogP contribution in [0.25, 0.3) is 0 Å². The lowest BCUT2D eigenvalue weighted by molar-refractivity contribution is -0.118. The number of amides is 2. The van der Waals surface area contributed by atoms with Crippen molar-refractivity contribution in [3.05, 3.63) is 70.1 Å². The van der Waals surface area contributed by atoms with Crippen LogP contribution in [0.1, 0.15) is 26.8 Å². The van der Waals surface area contributed by atoms with Crippen molar-refractivity contribution in [2.45, 2.75) is 24.8 Å². The zero-order valence-electron chi connectivity index (χ0n) is 15.4. The molecule has 8 heteroatoms. The van der Waals surface area contributed by atoms with Crippen molar-refractivity contribution >= 4 is 34.9 Å². The summed E-state index contributed by atoms with van der Waals surface area (Å²) >= 11 is 2.94. The summed E-state index contributed by atoms with van der Waals surface area (Å²) in [5, 5.41) is 8.75. The van der Waals surface area contributed by atoms with Crippen molar-refractivity contribution in [1.29, 1.82) is 0 Å². The van der Waals surface area contributed by atoms with Crippen LogP contribution >= 0.6 is 23.1 Å². The van der Waals surface area contributed by atoms with Crippen molar-refractivity contribution in [3.63, 3.8) is 0 Å². The maximum Gasteiger partial charge on any atom is 0.252 e. The minimum Gasteiger partial charge on any atom is -0.467 e. The topological polar surface area (TPSA) is 84.2 Å². The van der Waals surface area contributed by atoms with Crippen molar-refractivity contribution in [2.75, 3.05) is 12.3 Å². The van der Waals surface area contributed by atoms with E-state index in [1.807, 2.05) is 30.5 Å². The number of hydrogen-bond acceptors (Lipinski definition) is 6. The summed E-state index contributed by atoms with van der Waals surface area (Å²) in [5.41, 5.74) is 1.56. The average molecular weight is 416 g/mol. The lowest BCUT2D eigenvalue weighted by Gasteiger charge is -2.10. The summed E-state index contributed by atoms with van der Waals surface area (Å²) in [6.07, 6.45) is 2.27. The Hall–Kier alpha value is -2.58. The molecule has 146 valence electrons. The van der Waals surface area contributed by atoms with E-state index in [0.29, 0.717) is 30.8 Å². The Morgan fingerprint density at radius 3 is 2.79 bits per heavy atom. The van der Waals surface area contributed by atoms with Gasteiger partial charge in [-0.1, -0.05) is 12.1 Å². The molecule has 2 aromatic heterocycles. The third-order valence-electron chi connectivity index (χ3n) is 3.86. The molecule has 3 aromatic rings. The number of hydrogen-bond donors (Lipinski definition) is 2. The van der Waals surface area contributed by atoms with Gasteiger partial charge in [0.05, 0.1) is 34.8 Å². The molecule has 2 amide bonds. The number of benzene rings is 1. The van der Waals surface area contributed by atoms with E-state index < -0.39 is 0 Å². The number of carbonyl (C=O) groups excluding carboxylic acids is 2. The SMILES string of the molecule is Cc1nc(CCNC(=O)c2ccccc2SCC(=O)NCc2ccco2)cs1. The fourth-order valence-corrected chi connectivity index (χ4v) is 4.02. The van der Waals surface area contributed by atoms with Gasteiger partial charge in [-0.05, 0) is 31.2 Å². The predicted molar refractivity (Wildman–Crippen MR) is 111 cm³/mol. The molecule has 3 rings (SSSR count). The average Bonchev–Trinajstić information content (AvgIpc) is 3.36. The van der Waals surface area contributed by atoms with Crippen LogP contribution in [0.5, 0.6) is 0 Å². The second-order valence-corrected chi connectivity index (χ2v) is 8.08. The van der Waals surface area contributed by atoms with Gasteiger partial charge in [0.15, 0.2) is 0 Å². The molecular formula is C20H21N3O3S2. The molecule has 0 atom stereocenters. The maximum absolute atomic E-state index is 12.5. The molecule has 2 heterocycles. The van der Waals surface area contributed by atoms with E-state index in [9.17, 15) is 9.59 Å².